The zero-order valence-corrected chi connectivity index (χ0v) is 10.0. The largest absolute Gasteiger partial charge is 0.395 e. The number of rotatable bonds is 6. The normalized spacial score (nSPS) is 11.9. The Kier molecular flexibility index (Phi) is 4.85. The summed E-state index contributed by atoms with van der Waals surface area (Å²) in [7, 11) is -3.36. The molecule has 5 nitrogen and oxygen atoms in total. The first-order valence-corrected chi connectivity index (χ1v) is 6.68. The maximum Gasteiger partial charge on any atom is 0.216 e. The molecule has 1 aromatic rings. The van der Waals surface area contributed by atoms with Gasteiger partial charge in [0.1, 0.15) is 0 Å². The van der Waals surface area contributed by atoms with Gasteiger partial charge < -0.3 is 5.11 Å². The van der Waals surface area contributed by atoms with E-state index in [0.717, 1.165) is 5.56 Å². The summed E-state index contributed by atoms with van der Waals surface area (Å²) in [5.41, 5.74) is 0.887. The number of sulfonamides is 1. The Labute approximate surface area is 95.8 Å². The van der Waals surface area contributed by atoms with Crippen LogP contribution in [-0.2, 0) is 16.6 Å². The molecule has 1 rings (SSSR count). The second-order valence-corrected chi connectivity index (χ2v) is 5.41. The fourth-order valence-corrected chi connectivity index (χ4v) is 2.57. The van der Waals surface area contributed by atoms with Crippen molar-refractivity contribution in [3.63, 3.8) is 0 Å². The van der Waals surface area contributed by atoms with Crippen LogP contribution in [0.5, 0.6) is 0 Å². The number of aliphatic hydroxyl groups is 1. The van der Waals surface area contributed by atoms with Crippen LogP contribution < -0.4 is 0 Å². The van der Waals surface area contributed by atoms with E-state index in [1.807, 2.05) is 0 Å². The van der Waals surface area contributed by atoms with Crippen LogP contribution in [0.25, 0.3) is 0 Å². The molecule has 0 aromatic carbocycles. The Hall–Kier alpha value is -0.980. The number of aromatic nitrogens is 1. The first-order valence-electron chi connectivity index (χ1n) is 5.07. The maximum atomic E-state index is 11.7. The van der Waals surface area contributed by atoms with Crippen LogP contribution in [0.1, 0.15) is 12.5 Å². The molecule has 0 spiro atoms. The molecule has 1 N–H and O–H groups in total. The molecule has 0 aliphatic rings. The SMILES string of the molecule is CCN(Cc1ccncc1)S(=O)(=O)CCO. The molecule has 90 valence electrons. The molecule has 0 fully saturated rings. The van der Waals surface area contributed by atoms with Crippen molar-refractivity contribution in [2.24, 2.45) is 0 Å². The van der Waals surface area contributed by atoms with Crippen molar-refractivity contribution in [3.05, 3.63) is 30.1 Å². The van der Waals surface area contributed by atoms with E-state index in [0.29, 0.717) is 13.1 Å². The monoisotopic (exact) mass is 244 g/mol. The van der Waals surface area contributed by atoms with Gasteiger partial charge in [0.2, 0.25) is 10.0 Å². The minimum atomic E-state index is -3.36. The van der Waals surface area contributed by atoms with Gasteiger partial charge in [0, 0.05) is 25.5 Å². The highest BCUT2D eigenvalue weighted by atomic mass is 32.2. The quantitative estimate of drug-likeness (QED) is 0.777. The summed E-state index contributed by atoms with van der Waals surface area (Å²) in [6.07, 6.45) is 3.25. The van der Waals surface area contributed by atoms with Crippen LogP contribution >= 0.6 is 0 Å². The molecule has 0 aliphatic heterocycles. The third kappa shape index (κ3) is 3.55. The average molecular weight is 244 g/mol. The van der Waals surface area contributed by atoms with E-state index in [2.05, 4.69) is 4.98 Å². The number of pyridine rings is 1. The highest BCUT2D eigenvalue weighted by Crippen LogP contribution is 2.08. The summed E-state index contributed by atoms with van der Waals surface area (Å²) in [4.78, 5) is 3.87. The zero-order chi connectivity index (χ0) is 12.0. The van der Waals surface area contributed by atoms with E-state index in [4.69, 9.17) is 5.11 Å². The highest BCUT2D eigenvalue weighted by Gasteiger charge is 2.19. The van der Waals surface area contributed by atoms with E-state index >= 15 is 0 Å². The number of nitrogens with zero attached hydrogens (tertiary/aromatic N) is 2. The third-order valence-electron chi connectivity index (χ3n) is 2.20. The summed E-state index contributed by atoms with van der Waals surface area (Å²) in [6.45, 7) is 2.14. The Morgan fingerprint density at radius 2 is 2.00 bits per heavy atom. The molecule has 0 amide bonds. The molecular formula is C10H16N2O3S. The molecule has 1 aromatic heterocycles. The molecule has 16 heavy (non-hydrogen) atoms. The first kappa shape index (κ1) is 13.1. The Balaban J connectivity index is 2.77. The van der Waals surface area contributed by atoms with Gasteiger partial charge in [-0.25, -0.2) is 8.42 Å². The predicted molar refractivity (Wildman–Crippen MR) is 61.2 cm³/mol. The lowest BCUT2D eigenvalue weighted by molar-refractivity contribution is 0.314. The average Bonchev–Trinajstić information content (AvgIpc) is 2.27. The summed E-state index contributed by atoms with van der Waals surface area (Å²) < 4.78 is 24.8. The minimum absolute atomic E-state index is 0.230. The Morgan fingerprint density at radius 3 is 2.50 bits per heavy atom. The highest BCUT2D eigenvalue weighted by molar-refractivity contribution is 7.89. The number of aliphatic hydroxyl groups excluding tert-OH is 1. The lowest BCUT2D eigenvalue weighted by Gasteiger charge is -2.19. The molecular weight excluding hydrogens is 228 g/mol. The number of hydrogen-bond donors (Lipinski definition) is 1. The lowest BCUT2D eigenvalue weighted by Crippen LogP contribution is -2.33. The zero-order valence-electron chi connectivity index (χ0n) is 9.20. The molecule has 0 aliphatic carbocycles. The van der Waals surface area contributed by atoms with Gasteiger partial charge in [-0.2, -0.15) is 4.31 Å². The van der Waals surface area contributed by atoms with Crippen LogP contribution in [0.4, 0.5) is 0 Å². The molecule has 0 bridgehead atoms. The first-order chi connectivity index (χ1) is 7.60. The maximum absolute atomic E-state index is 11.7. The van der Waals surface area contributed by atoms with E-state index in [-0.39, 0.29) is 12.4 Å². The summed E-state index contributed by atoms with van der Waals surface area (Å²) in [6, 6.07) is 3.55. The summed E-state index contributed by atoms with van der Waals surface area (Å²) in [5.74, 6) is -0.230. The van der Waals surface area contributed by atoms with Gasteiger partial charge in [-0.1, -0.05) is 6.92 Å². The van der Waals surface area contributed by atoms with Crippen LogP contribution in [0.15, 0.2) is 24.5 Å². The van der Waals surface area contributed by atoms with Crippen molar-refractivity contribution < 1.29 is 13.5 Å². The van der Waals surface area contributed by atoms with Gasteiger partial charge in [-0.3, -0.25) is 4.98 Å². The van der Waals surface area contributed by atoms with Crippen molar-refractivity contribution >= 4 is 10.0 Å². The summed E-state index contributed by atoms with van der Waals surface area (Å²) >= 11 is 0. The van der Waals surface area contributed by atoms with Gasteiger partial charge >= 0.3 is 0 Å². The summed E-state index contributed by atoms with van der Waals surface area (Å²) in [5, 5.41) is 8.70. The topological polar surface area (TPSA) is 70.5 Å². The fourth-order valence-electron chi connectivity index (χ4n) is 1.34. The van der Waals surface area contributed by atoms with Crippen LogP contribution in [0, 0.1) is 0 Å². The molecule has 0 saturated heterocycles. The van der Waals surface area contributed by atoms with Crippen molar-refractivity contribution in [1.29, 1.82) is 0 Å². The molecule has 0 radical (unpaired) electrons. The number of hydrogen-bond acceptors (Lipinski definition) is 4. The van der Waals surface area contributed by atoms with Gasteiger partial charge in [0.05, 0.1) is 12.4 Å². The van der Waals surface area contributed by atoms with Gasteiger partial charge in [-0.15, -0.1) is 0 Å². The second kappa shape index (κ2) is 5.93. The minimum Gasteiger partial charge on any atom is -0.395 e. The molecule has 0 unspecified atom stereocenters. The molecule has 0 atom stereocenters. The van der Waals surface area contributed by atoms with E-state index in [1.54, 1.807) is 31.5 Å². The molecule has 6 heteroatoms. The van der Waals surface area contributed by atoms with E-state index in [1.165, 1.54) is 4.31 Å². The van der Waals surface area contributed by atoms with Crippen LogP contribution in [-0.4, -0.2) is 41.7 Å². The van der Waals surface area contributed by atoms with Gasteiger partial charge in [0.25, 0.3) is 0 Å². The van der Waals surface area contributed by atoms with Crippen molar-refractivity contribution in [2.45, 2.75) is 13.5 Å². The molecule has 1 heterocycles. The standard InChI is InChI=1S/C10H16N2O3S/c1-2-12(16(14,15)8-7-13)9-10-3-5-11-6-4-10/h3-6,13H,2,7-9H2,1H3. The predicted octanol–water partition coefficient (Wildman–Crippen LogP) is 0.226. The lowest BCUT2D eigenvalue weighted by atomic mass is 10.3. The molecule has 0 saturated carbocycles. The van der Waals surface area contributed by atoms with Crippen molar-refractivity contribution in [2.75, 3.05) is 18.9 Å². The van der Waals surface area contributed by atoms with Crippen molar-refractivity contribution in [1.82, 2.24) is 9.29 Å². The Morgan fingerprint density at radius 1 is 1.38 bits per heavy atom. The van der Waals surface area contributed by atoms with Crippen molar-refractivity contribution in [3.8, 4) is 0 Å². The smallest absolute Gasteiger partial charge is 0.216 e. The van der Waals surface area contributed by atoms with Gasteiger partial charge in [0.15, 0.2) is 0 Å². The van der Waals surface area contributed by atoms with Gasteiger partial charge in [-0.05, 0) is 17.7 Å². The Bertz CT molecular complexity index is 405. The third-order valence-corrected chi connectivity index (χ3v) is 4.08. The fraction of sp³-hybridized carbons (Fsp3) is 0.500. The van der Waals surface area contributed by atoms with E-state index in [9.17, 15) is 8.42 Å². The second-order valence-electron chi connectivity index (χ2n) is 3.32. The van der Waals surface area contributed by atoms with Crippen LogP contribution in [0.3, 0.4) is 0 Å². The van der Waals surface area contributed by atoms with E-state index < -0.39 is 10.0 Å². The van der Waals surface area contributed by atoms with Crippen LogP contribution in [0.2, 0.25) is 0 Å².